The van der Waals surface area contributed by atoms with Crippen molar-refractivity contribution in [3.8, 4) is 0 Å². The molecule has 2 heteroatoms. The Labute approximate surface area is 48.7 Å². The second-order valence-corrected chi connectivity index (χ2v) is 1.61. The van der Waals surface area contributed by atoms with Gasteiger partial charge >= 0.3 is 0 Å². The van der Waals surface area contributed by atoms with Gasteiger partial charge in [-0.05, 0) is 13.0 Å². The molecule has 0 saturated heterocycles. The Hall–Kier alpha value is -0.920. The quantitative estimate of drug-likeness (QED) is 0.546. The summed E-state index contributed by atoms with van der Waals surface area (Å²) in [5.41, 5.74) is 0.289. The summed E-state index contributed by atoms with van der Waals surface area (Å²) in [7, 11) is 0. The van der Waals surface area contributed by atoms with Crippen molar-refractivity contribution in [2.45, 2.75) is 13.3 Å². The number of Topliss-reactive ketones (excluding diaryl/α,β-unsaturated/α-hetero) is 1. The molecule has 0 aliphatic carbocycles. The Morgan fingerprint density at radius 2 is 2.38 bits per heavy atom. The van der Waals surface area contributed by atoms with Crippen molar-refractivity contribution in [1.82, 2.24) is 0 Å². The van der Waals surface area contributed by atoms with E-state index in [-0.39, 0.29) is 17.9 Å². The molecule has 0 aliphatic heterocycles. The molecule has 1 N–H and O–H groups in total. The van der Waals surface area contributed by atoms with Crippen LogP contribution >= 0.6 is 0 Å². The minimum atomic E-state index is 0.00917. The molecule has 0 aromatic rings. The highest BCUT2D eigenvalue weighted by Crippen LogP contribution is 1.84. The molecule has 0 spiro atoms. The summed E-state index contributed by atoms with van der Waals surface area (Å²) >= 11 is 0. The number of rotatable bonds is 3. The van der Waals surface area contributed by atoms with Crippen molar-refractivity contribution < 1.29 is 4.79 Å². The van der Waals surface area contributed by atoms with E-state index in [9.17, 15) is 4.79 Å². The van der Waals surface area contributed by atoms with Gasteiger partial charge in [-0.15, -0.1) is 0 Å². The first-order chi connectivity index (χ1) is 3.66. The van der Waals surface area contributed by atoms with Gasteiger partial charge in [0.25, 0.3) is 0 Å². The first kappa shape index (κ1) is 7.08. The van der Waals surface area contributed by atoms with Crippen LogP contribution in [0.4, 0.5) is 0 Å². The van der Waals surface area contributed by atoms with E-state index in [1.54, 1.807) is 0 Å². The van der Waals surface area contributed by atoms with E-state index < -0.39 is 0 Å². The molecule has 0 heterocycles. The van der Waals surface area contributed by atoms with Crippen molar-refractivity contribution in [2.24, 2.45) is 0 Å². The second kappa shape index (κ2) is 3.13. The van der Waals surface area contributed by atoms with E-state index in [1.165, 1.54) is 13.0 Å². The van der Waals surface area contributed by atoms with Crippen molar-refractivity contribution in [3.05, 3.63) is 12.7 Å². The van der Waals surface area contributed by atoms with Crippen LogP contribution < -0.4 is 0 Å². The summed E-state index contributed by atoms with van der Waals surface area (Å²) in [6.07, 6.45) is 1.59. The van der Waals surface area contributed by atoms with E-state index in [2.05, 4.69) is 6.58 Å². The molecule has 0 aliphatic rings. The number of ketones is 1. The molecule has 0 saturated carbocycles. The average molecular weight is 111 g/mol. The van der Waals surface area contributed by atoms with Crippen LogP contribution in [0.5, 0.6) is 0 Å². The maximum Gasteiger partial charge on any atom is 0.135 e. The van der Waals surface area contributed by atoms with Crippen molar-refractivity contribution >= 4 is 11.5 Å². The maximum absolute atomic E-state index is 10.2. The predicted octanol–water partition coefficient (Wildman–Crippen LogP) is 1.17. The Kier molecular flexibility index (Phi) is 2.77. The van der Waals surface area contributed by atoms with Crippen molar-refractivity contribution in [1.29, 1.82) is 5.41 Å². The third kappa shape index (κ3) is 3.28. The van der Waals surface area contributed by atoms with Crippen molar-refractivity contribution in [2.75, 3.05) is 0 Å². The minimum absolute atomic E-state index is 0.00917. The lowest BCUT2D eigenvalue weighted by atomic mass is 10.2. The van der Waals surface area contributed by atoms with E-state index in [1.807, 2.05) is 0 Å². The SMILES string of the molecule is C=CC(=N)CC(C)=O. The molecule has 0 atom stereocenters. The molecule has 44 valence electrons. The molecule has 2 nitrogen and oxygen atoms in total. The standard InChI is InChI=1S/C6H9NO/c1-3-6(7)4-5(2)8/h3,7H,1,4H2,2H3. The lowest BCUT2D eigenvalue weighted by molar-refractivity contribution is -0.115. The van der Waals surface area contributed by atoms with E-state index in [4.69, 9.17) is 5.41 Å². The molecular formula is C6H9NO. The molecule has 0 amide bonds. The van der Waals surface area contributed by atoms with Gasteiger partial charge in [0, 0.05) is 12.1 Å². The largest absolute Gasteiger partial charge is 0.305 e. The van der Waals surface area contributed by atoms with Crippen LogP contribution in [0.2, 0.25) is 0 Å². The molecular weight excluding hydrogens is 102 g/mol. The zero-order valence-electron chi connectivity index (χ0n) is 4.90. The van der Waals surface area contributed by atoms with Crippen LogP contribution in [0.25, 0.3) is 0 Å². The Morgan fingerprint density at radius 1 is 1.88 bits per heavy atom. The summed E-state index contributed by atoms with van der Waals surface area (Å²) in [6.45, 7) is 4.79. The van der Waals surface area contributed by atoms with Crippen LogP contribution in [-0.4, -0.2) is 11.5 Å². The zero-order chi connectivity index (χ0) is 6.57. The molecule has 0 aromatic carbocycles. The first-order valence-corrected chi connectivity index (χ1v) is 2.36. The highest BCUT2D eigenvalue weighted by atomic mass is 16.1. The smallest absolute Gasteiger partial charge is 0.135 e. The Morgan fingerprint density at radius 3 is 2.50 bits per heavy atom. The van der Waals surface area contributed by atoms with Crippen LogP contribution in [0.15, 0.2) is 12.7 Å². The van der Waals surface area contributed by atoms with Gasteiger partial charge in [0.2, 0.25) is 0 Å². The van der Waals surface area contributed by atoms with Gasteiger partial charge in [-0.2, -0.15) is 0 Å². The molecule has 0 rings (SSSR count). The van der Waals surface area contributed by atoms with Crippen LogP contribution in [0.1, 0.15) is 13.3 Å². The lowest BCUT2D eigenvalue weighted by Crippen LogP contribution is -1.98. The average Bonchev–Trinajstić information content (AvgIpc) is 1.65. The van der Waals surface area contributed by atoms with Gasteiger partial charge in [0.05, 0.1) is 0 Å². The fourth-order valence-electron chi connectivity index (χ4n) is 0.340. The van der Waals surface area contributed by atoms with E-state index >= 15 is 0 Å². The van der Waals surface area contributed by atoms with E-state index in [0.717, 1.165) is 0 Å². The second-order valence-electron chi connectivity index (χ2n) is 1.61. The van der Waals surface area contributed by atoms with Crippen molar-refractivity contribution in [3.63, 3.8) is 0 Å². The van der Waals surface area contributed by atoms with Gasteiger partial charge in [0.1, 0.15) is 5.78 Å². The Balaban J connectivity index is 3.55. The van der Waals surface area contributed by atoms with Gasteiger partial charge in [-0.3, -0.25) is 4.79 Å². The molecule has 0 bridgehead atoms. The molecule has 0 unspecified atom stereocenters. The predicted molar refractivity (Wildman–Crippen MR) is 33.2 cm³/mol. The van der Waals surface area contributed by atoms with Crippen LogP contribution in [-0.2, 0) is 4.79 Å². The van der Waals surface area contributed by atoms with Gasteiger partial charge in [-0.1, -0.05) is 6.58 Å². The third-order valence-electron chi connectivity index (χ3n) is 0.686. The minimum Gasteiger partial charge on any atom is -0.305 e. The molecule has 0 aromatic heterocycles. The van der Waals surface area contributed by atoms with Gasteiger partial charge in [0.15, 0.2) is 0 Å². The maximum atomic E-state index is 10.2. The first-order valence-electron chi connectivity index (χ1n) is 2.36. The Bertz CT molecular complexity index is 126. The van der Waals surface area contributed by atoms with Gasteiger partial charge in [-0.25, -0.2) is 0 Å². The summed E-state index contributed by atoms with van der Waals surface area (Å²) in [4.78, 5) is 10.2. The monoisotopic (exact) mass is 111 g/mol. The summed E-state index contributed by atoms with van der Waals surface area (Å²) in [5.74, 6) is 0.00917. The van der Waals surface area contributed by atoms with Crippen LogP contribution in [0, 0.1) is 5.41 Å². The molecule has 0 fully saturated rings. The summed E-state index contributed by atoms with van der Waals surface area (Å²) in [6, 6.07) is 0. The highest BCUT2D eigenvalue weighted by Gasteiger charge is 1.93. The highest BCUT2D eigenvalue weighted by molar-refractivity contribution is 6.04. The number of hydrogen-bond donors (Lipinski definition) is 1. The van der Waals surface area contributed by atoms with E-state index in [0.29, 0.717) is 0 Å². The zero-order valence-corrected chi connectivity index (χ0v) is 4.90. The number of nitrogens with one attached hydrogen (secondary N) is 1. The molecule has 8 heavy (non-hydrogen) atoms. The number of hydrogen-bond acceptors (Lipinski definition) is 2. The lowest BCUT2D eigenvalue weighted by Gasteiger charge is -1.87. The third-order valence-corrected chi connectivity index (χ3v) is 0.686. The topological polar surface area (TPSA) is 40.9 Å². The fraction of sp³-hybridized carbons (Fsp3) is 0.333. The van der Waals surface area contributed by atoms with Crippen LogP contribution in [0.3, 0.4) is 0 Å². The number of carbonyl (C=O) groups is 1. The summed E-state index contributed by atoms with van der Waals surface area (Å²) < 4.78 is 0. The van der Waals surface area contributed by atoms with Gasteiger partial charge < -0.3 is 5.41 Å². The normalized spacial score (nSPS) is 8.12. The number of allylic oxidation sites excluding steroid dienone is 1. The summed E-state index contributed by atoms with van der Waals surface area (Å²) in [5, 5.41) is 6.93. The molecule has 0 radical (unpaired) electrons. The number of carbonyl (C=O) groups excluding carboxylic acids is 1. The fourth-order valence-corrected chi connectivity index (χ4v) is 0.340.